The van der Waals surface area contributed by atoms with Gasteiger partial charge in [0, 0.05) is 51.2 Å². The molecule has 2 aliphatic rings. The van der Waals surface area contributed by atoms with E-state index in [-0.39, 0.29) is 6.04 Å². The fourth-order valence-corrected chi connectivity index (χ4v) is 3.70. The zero-order valence-electron chi connectivity index (χ0n) is 15.0. The number of aromatic nitrogens is 1. The van der Waals surface area contributed by atoms with Crippen molar-refractivity contribution in [3.05, 3.63) is 48.3 Å². The van der Waals surface area contributed by atoms with Crippen molar-refractivity contribution in [2.75, 3.05) is 50.8 Å². The molecule has 4 rings (SSSR count). The third kappa shape index (κ3) is 3.92. The van der Waals surface area contributed by atoms with E-state index in [2.05, 4.69) is 26.9 Å². The zero-order valence-corrected chi connectivity index (χ0v) is 15.0. The number of ether oxygens (including phenoxy) is 2. The molecule has 0 bridgehead atoms. The van der Waals surface area contributed by atoms with Crippen molar-refractivity contribution in [2.24, 2.45) is 5.73 Å². The van der Waals surface area contributed by atoms with Crippen LogP contribution in [0, 0.1) is 0 Å². The van der Waals surface area contributed by atoms with E-state index in [1.165, 1.54) is 5.56 Å². The van der Waals surface area contributed by atoms with Crippen molar-refractivity contribution in [3.63, 3.8) is 0 Å². The number of anilines is 1. The Morgan fingerprint density at radius 1 is 1.04 bits per heavy atom. The Morgan fingerprint density at radius 2 is 1.88 bits per heavy atom. The molecule has 1 aromatic carbocycles. The molecular weight excluding hydrogens is 328 g/mol. The Kier molecular flexibility index (Phi) is 5.22. The average Bonchev–Trinajstić information content (AvgIpc) is 2.69. The largest absolute Gasteiger partial charge is 0.486 e. The highest BCUT2D eigenvalue weighted by Crippen LogP contribution is 2.39. The molecule has 2 N–H and O–H groups in total. The summed E-state index contributed by atoms with van der Waals surface area (Å²) in [5.41, 5.74) is 8.69. The van der Waals surface area contributed by atoms with Crippen molar-refractivity contribution in [1.82, 2.24) is 9.88 Å². The number of nitrogens with two attached hydrogens (primary N) is 1. The number of benzene rings is 1. The van der Waals surface area contributed by atoms with Crippen molar-refractivity contribution < 1.29 is 9.47 Å². The summed E-state index contributed by atoms with van der Waals surface area (Å²) in [4.78, 5) is 9.00. The summed E-state index contributed by atoms with van der Waals surface area (Å²) in [5.74, 6) is 1.75. The summed E-state index contributed by atoms with van der Waals surface area (Å²) in [6, 6.07) is 10.3. The second-order valence-corrected chi connectivity index (χ2v) is 6.91. The van der Waals surface area contributed by atoms with Crippen LogP contribution in [0.5, 0.6) is 11.5 Å². The van der Waals surface area contributed by atoms with Crippen molar-refractivity contribution in [2.45, 2.75) is 12.5 Å². The number of nitrogens with zero attached hydrogens (tertiary/aromatic N) is 3. The van der Waals surface area contributed by atoms with Gasteiger partial charge in [-0.1, -0.05) is 12.1 Å². The molecule has 0 spiro atoms. The van der Waals surface area contributed by atoms with Gasteiger partial charge in [0.2, 0.25) is 0 Å². The summed E-state index contributed by atoms with van der Waals surface area (Å²) in [6.45, 7) is 6.11. The normalized spacial score (nSPS) is 18.6. The number of fused-ring (bicyclic) bond motifs is 1. The molecule has 3 heterocycles. The highest BCUT2D eigenvalue weighted by Gasteiger charge is 2.24. The molecule has 26 heavy (non-hydrogen) atoms. The smallest absolute Gasteiger partial charge is 0.184 e. The van der Waals surface area contributed by atoms with Gasteiger partial charge in [0.05, 0.1) is 5.69 Å². The fourth-order valence-electron chi connectivity index (χ4n) is 3.70. The Morgan fingerprint density at radius 3 is 2.69 bits per heavy atom. The lowest BCUT2D eigenvalue weighted by atomic mass is 10.1. The number of piperazine rings is 1. The van der Waals surface area contributed by atoms with Gasteiger partial charge < -0.3 is 20.1 Å². The van der Waals surface area contributed by atoms with Crippen LogP contribution in [-0.4, -0.2) is 61.9 Å². The highest BCUT2D eigenvalue weighted by molar-refractivity contribution is 5.65. The quantitative estimate of drug-likeness (QED) is 0.879. The van der Waals surface area contributed by atoms with Crippen LogP contribution in [0.25, 0.3) is 0 Å². The Hall–Kier alpha value is -2.31. The SMILES string of the molecule is N[C@H](Cc1cccnc1)CN1CCN(c2cccc3c2OCCO3)CC1. The number of hydrogen-bond donors (Lipinski definition) is 1. The lowest BCUT2D eigenvalue weighted by Gasteiger charge is -2.38. The van der Waals surface area contributed by atoms with Crippen molar-refractivity contribution >= 4 is 5.69 Å². The van der Waals surface area contributed by atoms with Gasteiger partial charge >= 0.3 is 0 Å². The summed E-state index contributed by atoms with van der Waals surface area (Å²) >= 11 is 0. The minimum Gasteiger partial charge on any atom is -0.486 e. The first-order chi connectivity index (χ1) is 12.8. The molecule has 0 amide bonds. The topological polar surface area (TPSA) is 63.9 Å². The molecule has 6 nitrogen and oxygen atoms in total. The van der Waals surface area contributed by atoms with Crippen LogP contribution in [0.4, 0.5) is 5.69 Å². The minimum absolute atomic E-state index is 0.131. The molecule has 2 aromatic rings. The van der Waals surface area contributed by atoms with Gasteiger partial charge in [-0.15, -0.1) is 0 Å². The van der Waals surface area contributed by atoms with Gasteiger partial charge in [0.15, 0.2) is 11.5 Å². The highest BCUT2D eigenvalue weighted by atomic mass is 16.6. The van der Waals surface area contributed by atoms with Crippen LogP contribution < -0.4 is 20.1 Å². The Bertz CT molecular complexity index is 717. The number of rotatable bonds is 5. The van der Waals surface area contributed by atoms with E-state index in [1.807, 2.05) is 24.4 Å². The van der Waals surface area contributed by atoms with E-state index < -0.39 is 0 Å². The summed E-state index contributed by atoms with van der Waals surface area (Å²) in [5, 5.41) is 0. The number of hydrogen-bond acceptors (Lipinski definition) is 6. The van der Waals surface area contributed by atoms with Gasteiger partial charge in [-0.2, -0.15) is 0 Å². The van der Waals surface area contributed by atoms with Gasteiger partial charge in [0.1, 0.15) is 13.2 Å². The van der Waals surface area contributed by atoms with Gasteiger partial charge in [-0.05, 0) is 30.2 Å². The van der Waals surface area contributed by atoms with Crippen LogP contribution >= 0.6 is 0 Å². The Balaban J connectivity index is 1.32. The summed E-state index contributed by atoms with van der Waals surface area (Å²) in [6.07, 6.45) is 4.56. The third-order valence-corrected chi connectivity index (χ3v) is 4.97. The standard InChI is InChI=1S/C20H26N4O2/c21-17(13-16-3-2-6-22-14-16)15-23-7-9-24(10-8-23)18-4-1-5-19-20(18)26-12-11-25-19/h1-6,14,17H,7-13,15,21H2/t17-/m1/s1. The number of pyridine rings is 1. The Labute approximate surface area is 154 Å². The van der Waals surface area contributed by atoms with Gasteiger partial charge in [-0.3, -0.25) is 9.88 Å². The van der Waals surface area contributed by atoms with E-state index >= 15 is 0 Å². The summed E-state index contributed by atoms with van der Waals surface area (Å²) < 4.78 is 11.6. The van der Waals surface area contributed by atoms with Gasteiger partial charge in [0.25, 0.3) is 0 Å². The third-order valence-electron chi connectivity index (χ3n) is 4.97. The first-order valence-electron chi connectivity index (χ1n) is 9.30. The lowest BCUT2D eigenvalue weighted by Crippen LogP contribution is -2.50. The predicted octanol–water partition coefficient (Wildman–Crippen LogP) is 1.54. The molecule has 1 fully saturated rings. The molecule has 1 aromatic heterocycles. The van der Waals surface area contributed by atoms with Crippen LogP contribution in [0.1, 0.15) is 5.56 Å². The average molecular weight is 354 g/mol. The molecule has 1 atom stereocenters. The second kappa shape index (κ2) is 7.93. The maximum Gasteiger partial charge on any atom is 0.184 e. The molecule has 0 aliphatic carbocycles. The van der Waals surface area contributed by atoms with Crippen LogP contribution in [0.3, 0.4) is 0 Å². The molecule has 0 unspecified atom stereocenters. The summed E-state index contributed by atoms with van der Waals surface area (Å²) in [7, 11) is 0. The molecule has 0 saturated carbocycles. The van der Waals surface area contributed by atoms with E-state index in [0.717, 1.165) is 56.3 Å². The molecule has 138 valence electrons. The van der Waals surface area contributed by atoms with E-state index in [9.17, 15) is 0 Å². The zero-order chi connectivity index (χ0) is 17.8. The molecule has 0 radical (unpaired) electrons. The molecule has 1 saturated heterocycles. The first kappa shape index (κ1) is 17.1. The molecule has 6 heteroatoms. The fraction of sp³-hybridized carbons (Fsp3) is 0.450. The van der Waals surface area contributed by atoms with E-state index in [4.69, 9.17) is 15.2 Å². The maximum atomic E-state index is 6.35. The van der Waals surface area contributed by atoms with Crippen LogP contribution in [-0.2, 0) is 6.42 Å². The molecule has 2 aliphatic heterocycles. The van der Waals surface area contributed by atoms with Crippen LogP contribution in [0.15, 0.2) is 42.7 Å². The van der Waals surface area contributed by atoms with E-state index in [0.29, 0.717) is 13.2 Å². The minimum atomic E-state index is 0.131. The lowest BCUT2D eigenvalue weighted by molar-refractivity contribution is 0.171. The monoisotopic (exact) mass is 354 g/mol. The predicted molar refractivity (Wildman–Crippen MR) is 102 cm³/mol. The van der Waals surface area contributed by atoms with Crippen LogP contribution in [0.2, 0.25) is 0 Å². The first-order valence-corrected chi connectivity index (χ1v) is 9.30. The van der Waals surface area contributed by atoms with E-state index in [1.54, 1.807) is 6.20 Å². The van der Waals surface area contributed by atoms with Crippen molar-refractivity contribution in [3.8, 4) is 11.5 Å². The molecular formula is C20H26N4O2. The van der Waals surface area contributed by atoms with Gasteiger partial charge in [-0.25, -0.2) is 0 Å². The second-order valence-electron chi connectivity index (χ2n) is 6.91. The van der Waals surface area contributed by atoms with Crippen molar-refractivity contribution in [1.29, 1.82) is 0 Å². The maximum absolute atomic E-state index is 6.35. The number of para-hydroxylation sites is 1.